The van der Waals surface area contributed by atoms with Gasteiger partial charge in [0.25, 0.3) is 0 Å². The van der Waals surface area contributed by atoms with E-state index in [0.29, 0.717) is 17.7 Å². The third-order valence-electron chi connectivity index (χ3n) is 4.23. The molecular weight excluding hydrogens is 304 g/mol. The van der Waals surface area contributed by atoms with Gasteiger partial charge >= 0.3 is 5.97 Å². The molecule has 3 rings (SSSR count). The molecule has 0 atom stereocenters. The molecule has 0 aliphatic heterocycles. The Bertz CT molecular complexity index is 764. The number of ketones is 1. The molecule has 1 aliphatic carbocycles. The van der Waals surface area contributed by atoms with Gasteiger partial charge in [0.2, 0.25) is 0 Å². The van der Waals surface area contributed by atoms with E-state index in [1.165, 1.54) is 11.1 Å². The Labute approximate surface area is 141 Å². The maximum atomic E-state index is 12.3. The van der Waals surface area contributed by atoms with Crippen LogP contribution in [-0.2, 0) is 28.9 Å². The van der Waals surface area contributed by atoms with E-state index in [1.807, 2.05) is 24.3 Å². The minimum atomic E-state index is -0.498. The highest BCUT2D eigenvalue weighted by Crippen LogP contribution is 2.23. The van der Waals surface area contributed by atoms with Crippen molar-refractivity contribution >= 4 is 11.8 Å². The summed E-state index contributed by atoms with van der Waals surface area (Å²) in [6.07, 6.45) is 3.24. The van der Waals surface area contributed by atoms with Crippen LogP contribution < -0.4 is 0 Å². The number of benzene rings is 2. The summed E-state index contributed by atoms with van der Waals surface area (Å²) in [4.78, 5) is 24.4. The third-order valence-corrected chi connectivity index (χ3v) is 4.23. The quantitative estimate of drug-likeness (QED) is 0.604. The molecule has 0 saturated carbocycles. The van der Waals surface area contributed by atoms with E-state index >= 15 is 0 Å². The molecule has 0 aromatic heterocycles. The molecule has 1 aliphatic rings. The highest BCUT2D eigenvalue weighted by atomic mass is 16.5. The molecule has 0 fully saturated rings. The molecule has 2 aromatic carbocycles. The van der Waals surface area contributed by atoms with Crippen LogP contribution >= 0.6 is 0 Å². The summed E-state index contributed by atoms with van der Waals surface area (Å²) < 4.78 is 10.2. The van der Waals surface area contributed by atoms with Crippen LogP contribution in [0.5, 0.6) is 0 Å². The molecule has 0 bridgehead atoms. The average molecular weight is 324 g/mol. The van der Waals surface area contributed by atoms with Crippen molar-refractivity contribution in [2.24, 2.45) is 0 Å². The van der Waals surface area contributed by atoms with Crippen molar-refractivity contribution < 1.29 is 19.1 Å². The van der Waals surface area contributed by atoms with Crippen molar-refractivity contribution in [2.45, 2.75) is 25.9 Å². The van der Waals surface area contributed by atoms with Crippen LogP contribution in [0.25, 0.3) is 0 Å². The number of ether oxygens (including phenoxy) is 2. The molecule has 0 saturated heterocycles. The zero-order valence-electron chi connectivity index (χ0n) is 13.7. The van der Waals surface area contributed by atoms with Crippen LogP contribution in [0, 0.1) is 0 Å². The molecule has 0 spiro atoms. The molecule has 0 heterocycles. The Morgan fingerprint density at radius 2 is 1.83 bits per heavy atom. The summed E-state index contributed by atoms with van der Waals surface area (Å²) in [6.45, 7) is 0.182. The van der Waals surface area contributed by atoms with Crippen molar-refractivity contribution in [3.63, 3.8) is 0 Å². The lowest BCUT2D eigenvalue weighted by Crippen LogP contribution is -2.14. The van der Waals surface area contributed by atoms with Crippen LogP contribution in [0.4, 0.5) is 0 Å². The van der Waals surface area contributed by atoms with Crippen LogP contribution in [0.15, 0.2) is 42.5 Å². The number of rotatable bonds is 6. The molecule has 0 radical (unpaired) electrons. The lowest BCUT2D eigenvalue weighted by Gasteiger charge is -2.07. The van der Waals surface area contributed by atoms with Crippen LogP contribution in [-0.4, -0.2) is 25.5 Å². The first-order chi connectivity index (χ1) is 11.7. The van der Waals surface area contributed by atoms with Crippen LogP contribution in [0.2, 0.25) is 0 Å². The maximum absolute atomic E-state index is 12.3. The largest absolute Gasteiger partial charge is 0.454 e. The first-order valence-corrected chi connectivity index (χ1v) is 8.07. The second-order valence-corrected chi connectivity index (χ2v) is 5.97. The second kappa shape index (κ2) is 7.41. The number of fused-ring (bicyclic) bond motifs is 1. The lowest BCUT2D eigenvalue weighted by atomic mass is 10.0. The molecule has 124 valence electrons. The smallest absolute Gasteiger partial charge is 0.338 e. The second-order valence-electron chi connectivity index (χ2n) is 5.97. The average Bonchev–Trinajstić information content (AvgIpc) is 3.07. The summed E-state index contributed by atoms with van der Waals surface area (Å²) >= 11 is 0. The van der Waals surface area contributed by atoms with Crippen molar-refractivity contribution in [2.75, 3.05) is 13.7 Å². The van der Waals surface area contributed by atoms with E-state index < -0.39 is 5.97 Å². The van der Waals surface area contributed by atoms with E-state index in [2.05, 4.69) is 0 Å². The van der Waals surface area contributed by atoms with Crippen molar-refractivity contribution in [1.29, 1.82) is 0 Å². The number of hydrogen-bond donors (Lipinski definition) is 0. The van der Waals surface area contributed by atoms with Crippen LogP contribution in [0.1, 0.15) is 43.8 Å². The summed E-state index contributed by atoms with van der Waals surface area (Å²) in [5.41, 5.74) is 4.47. The minimum absolute atomic E-state index is 0.175. The monoisotopic (exact) mass is 324 g/mol. The molecule has 4 heteroatoms. The van der Waals surface area contributed by atoms with Gasteiger partial charge in [-0.3, -0.25) is 4.79 Å². The predicted molar refractivity (Wildman–Crippen MR) is 90.2 cm³/mol. The first kappa shape index (κ1) is 16.4. The number of Topliss-reactive ketones (excluding diaryl/α,β-unsaturated/α-hetero) is 1. The summed E-state index contributed by atoms with van der Waals surface area (Å²) in [7, 11) is 1.60. The third kappa shape index (κ3) is 3.71. The number of esters is 1. The van der Waals surface area contributed by atoms with Gasteiger partial charge in [0.1, 0.15) is 0 Å². The number of carbonyl (C=O) groups excluding carboxylic acids is 2. The van der Waals surface area contributed by atoms with E-state index in [9.17, 15) is 9.59 Å². The summed E-state index contributed by atoms with van der Waals surface area (Å²) in [5.74, 6) is -0.673. The van der Waals surface area contributed by atoms with Gasteiger partial charge in [0.05, 0.1) is 12.2 Å². The number of methoxy groups -OCH3 is 1. The Morgan fingerprint density at radius 1 is 1.00 bits per heavy atom. The fraction of sp³-hybridized carbons (Fsp3) is 0.300. The van der Waals surface area contributed by atoms with E-state index in [-0.39, 0.29) is 12.4 Å². The maximum Gasteiger partial charge on any atom is 0.338 e. The predicted octanol–water partition coefficient (Wildman–Crippen LogP) is 3.36. The normalized spacial score (nSPS) is 12.7. The van der Waals surface area contributed by atoms with Crippen molar-refractivity contribution in [3.05, 3.63) is 70.3 Å². The number of hydrogen-bond acceptors (Lipinski definition) is 4. The topological polar surface area (TPSA) is 52.6 Å². The first-order valence-electron chi connectivity index (χ1n) is 8.07. The van der Waals surface area contributed by atoms with Crippen LogP contribution in [0.3, 0.4) is 0 Å². The fourth-order valence-electron chi connectivity index (χ4n) is 3.00. The van der Waals surface area contributed by atoms with E-state index in [1.54, 1.807) is 25.3 Å². The molecule has 0 unspecified atom stereocenters. The molecule has 4 nitrogen and oxygen atoms in total. The Morgan fingerprint density at radius 3 is 2.67 bits per heavy atom. The SMILES string of the molecule is COCc1cccc(C(=O)OCC(=O)c2ccc3c(c2)CCC3)c1. The highest BCUT2D eigenvalue weighted by molar-refractivity contribution is 5.99. The van der Waals surface area contributed by atoms with Gasteiger partial charge in [0.15, 0.2) is 12.4 Å². The van der Waals surface area contributed by atoms with E-state index in [4.69, 9.17) is 9.47 Å². The fourth-order valence-corrected chi connectivity index (χ4v) is 3.00. The van der Waals surface area contributed by atoms with Gasteiger partial charge < -0.3 is 9.47 Å². The zero-order chi connectivity index (χ0) is 16.9. The van der Waals surface area contributed by atoms with Gasteiger partial charge in [-0.25, -0.2) is 4.79 Å². The molecule has 0 amide bonds. The summed E-state index contributed by atoms with van der Waals surface area (Å²) in [5, 5.41) is 0. The zero-order valence-corrected chi connectivity index (χ0v) is 13.7. The molecule has 2 aromatic rings. The number of aryl methyl sites for hydroxylation is 2. The minimum Gasteiger partial charge on any atom is -0.454 e. The molecular formula is C20H20O4. The Hall–Kier alpha value is -2.46. The van der Waals surface area contributed by atoms with Gasteiger partial charge in [-0.15, -0.1) is 0 Å². The standard InChI is InChI=1S/C20H20O4/c1-23-12-14-4-2-7-18(10-14)20(22)24-13-19(21)17-9-8-15-5-3-6-16(15)11-17/h2,4,7-11H,3,5-6,12-13H2,1H3. The Kier molecular flexibility index (Phi) is 5.06. The van der Waals surface area contributed by atoms with Crippen molar-refractivity contribution in [3.8, 4) is 0 Å². The Balaban J connectivity index is 1.61. The summed E-state index contributed by atoms with van der Waals surface area (Å²) in [6, 6.07) is 12.8. The van der Waals surface area contributed by atoms with Gasteiger partial charge in [-0.05, 0) is 54.2 Å². The van der Waals surface area contributed by atoms with Gasteiger partial charge in [-0.1, -0.05) is 24.3 Å². The van der Waals surface area contributed by atoms with Crippen molar-refractivity contribution in [1.82, 2.24) is 0 Å². The lowest BCUT2D eigenvalue weighted by molar-refractivity contribution is 0.0474. The number of carbonyl (C=O) groups is 2. The van der Waals surface area contributed by atoms with E-state index in [0.717, 1.165) is 24.8 Å². The molecule has 24 heavy (non-hydrogen) atoms. The highest BCUT2D eigenvalue weighted by Gasteiger charge is 2.16. The van der Waals surface area contributed by atoms with Gasteiger partial charge in [0, 0.05) is 12.7 Å². The van der Waals surface area contributed by atoms with Gasteiger partial charge in [-0.2, -0.15) is 0 Å². The molecule has 0 N–H and O–H groups in total.